The first-order chi connectivity index (χ1) is 8.52. The number of nitrogens with zero attached hydrogens (tertiary/aromatic N) is 3. The van der Waals surface area contributed by atoms with Gasteiger partial charge in [-0.05, 0) is 12.1 Å². The maximum atomic E-state index is 12.8. The van der Waals surface area contributed by atoms with Crippen molar-refractivity contribution in [2.24, 2.45) is 0 Å². The molecule has 1 saturated heterocycles. The molecule has 2 rings (SSSR count). The van der Waals surface area contributed by atoms with Gasteiger partial charge in [-0.25, -0.2) is 4.98 Å². The predicted octanol–water partition coefficient (Wildman–Crippen LogP) is 1.38. The number of rotatable bonds is 2. The Labute approximate surface area is 102 Å². The van der Waals surface area contributed by atoms with Crippen LogP contribution in [-0.2, 0) is 11.0 Å². The Morgan fingerprint density at radius 3 is 2.44 bits per heavy atom. The Balaban J connectivity index is 2.22. The van der Waals surface area contributed by atoms with E-state index in [0.717, 1.165) is 6.07 Å². The molecule has 0 unspecified atom stereocenters. The lowest BCUT2D eigenvalue weighted by molar-refractivity contribution is -0.137. The molecule has 0 N–H and O–H groups in total. The molecule has 0 radical (unpaired) electrons. The molecule has 2 heterocycles. The number of carbonyl (C=O) groups excluding carboxylic acids is 1. The van der Waals surface area contributed by atoms with Crippen molar-refractivity contribution >= 4 is 12.2 Å². The molecular weight excluding hydrogens is 247 g/mol. The SMILES string of the molecule is O=CN1CCN(c2ncccc2C(F)(F)F)CC1. The first kappa shape index (κ1) is 12.7. The summed E-state index contributed by atoms with van der Waals surface area (Å²) >= 11 is 0. The second-order valence-corrected chi connectivity index (χ2v) is 4.00. The van der Waals surface area contributed by atoms with Crippen LogP contribution >= 0.6 is 0 Å². The van der Waals surface area contributed by atoms with Gasteiger partial charge in [0.25, 0.3) is 0 Å². The zero-order valence-electron chi connectivity index (χ0n) is 9.52. The standard InChI is InChI=1S/C11H12F3N3O/c12-11(13,14)9-2-1-3-15-10(9)17-6-4-16(8-18)5-7-17/h1-3,8H,4-7H2. The lowest BCUT2D eigenvalue weighted by Crippen LogP contribution is -2.46. The molecule has 0 spiro atoms. The summed E-state index contributed by atoms with van der Waals surface area (Å²) in [6.07, 6.45) is -2.36. The van der Waals surface area contributed by atoms with Crippen LogP contribution < -0.4 is 4.90 Å². The Morgan fingerprint density at radius 2 is 1.89 bits per heavy atom. The average molecular weight is 259 g/mol. The van der Waals surface area contributed by atoms with E-state index in [0.29, 0.717) is 32.6 Å². The van der Waals surface area contributed by atoms with Gasteiger partial charge >= 0.3 is 6.18 Å². The monoisotopic (exact) mass is 259 g/mol. The second kappa shape index (κ2) is 4.83. The van der Waals surface area contributed by atoms with E-state index >= 15 is 0 Å². The molecule has 4 nitrogen and oxygen atoms in total. The van der Waals surface area contributed by atoms with Gasteiger partial charge in [0, 0.05) is 32.4 Å². The minimum Gasteiger partial charge on any atom is -0.353 e. The molecule has 18 heavy (non-hydrogen) atoms. The Bertz CT molecular complexity index is 428. The first-order valence-electron chi connectivity index (χ1n) is 5.49. The molecule has 0 bridgehead atoms. The van der Waals surface area contributed by atoms with Gasteiger partial charge in [0.1, 0.15) is 5.82 Å². The van der Waals surface area contributed by atoms with Crippen LogP contribution in [0.4, 0.5) is 19.0 Å². The number of halogens is 3. The van der Waals surface area contributed by atoms with E-state index in [1.54, 1.807) is 4.90 Å². The third kappa shape index (κ3) is 2.55. The van der Waals surface area contributed by atoms with Crippen LogP contribution in [-0.4, -0.2) is 42.5 Å². The van der Waals surface area contributed by atoms with Crippen LogP contribution in [0.2, 0.25) is 0 Å². The molecule has 0 saturated carbocycles. The van der Waals surface area contributed by atoms with Crippen molar-refractivity contribution in [2.45, 2.75) is 6.18 Å². The van der Waals surface area contributed by atoms with Crippen LogP contribution in [0.5, 0.6) is 0 Å². The van der Waals surface area contributed by atoms with E-state index in [2.05, 4.69) is 4.98 Å². The second-order valence-electron chi connectivity index (χ2n) is 4.00. The topological polar surface area (TPSA) is 36.4 Å². The summed E-state index contributed by atoms with van der Waals surface area (Å²) in [5, 5.41) is 0. The highest BCUT2D eigenvalue weighted by Gasteiger charge is 2.36. The summed E-state index contributed by atoms with van der Waals surface area (Å²) in [6, 6.07) is 2.29. The number of aromatic nitrogens is 1. The fraction of sp³-hybridized carbons (Fsp3) is 0.455. The fourth-order valence-corrected chi connectivity index (χ4v) is 1.91. The number of piperazine rings is 1. The van der Waals surface area contributed by atoms with Gasteiger partial charge in [0.05, 0.1) is 5.56 Å². The average Bonchev–Trinajstić information content (AvgIpc) is 2.38. The third-order valence-electron chi connectivity index (χ3n) is 2.85. The van der Waals surface area contributed by atoms with E-state index in [9.17, 15) is 18.0 Å². The fourth-order valence-electron chi connectivity index (χ4n) is 1.91. The smallest absolute Gasteiger partial charge is 0.353 e. The maximum Gasteiger partial charge on any atom is 0.419 e. The molecule has 0 aliphatic carbocycles. The summed E-state index contributed by atoms with van der Waals surface area (Å²) in [5.41, 5.74) is -0.732. The van der Waals surface area contributed by atoms with Crippen LogP contribution in [0.25, 0.3) is 0 Å². The van der Waals surface area contributed by atoms with Crippen LogP contribution in [0, 0.1) is 0 Å². The number of amides is 1. The van der Waals surface area contributed by atoms with Gasteiger partial charge < -0.3 is 9.80 Å². The van der Waals surface area contributed by atoms with Gasteiger partial charge in [-0.15, -0.1) is 0 Å². The van der Waals surface area contributed by atoms with E-state index in [4.69, 9.17) is 0 Å². The van der Waals surface area contributed by atoms with Gasteiger partial charge in [0.15, 0.2) is 0 Å². The molecule has 1 amide bonds. The van der Waals surface area contributed by atoms with Crippen LogP contribution in [0.3, 0.4) is 0 Å². The van der Waals surface area contributed by atoms with Gasteiger partial charge in [-0.1, -0.05) is 0 Å². The van der Waals surface area contributed by atoms with Crippen molar-refractivity contribution in [3.05, 3.63) is 23.9 Å². The number of carbonyl (C=O) groups is 1. The lowest BCUT2D eigenvalue weighted by Gasteiger charge is -2.34. The van der Waals surface area contributed by atoms with E-state index in [-0.39, 0.29) is 5.82 Å². The van der Waals surface area contributed by atoms with Crippen molar-refractivity contribution in [2.75, 3.05) is 31.1 Å². The van der Waals surface area contributed by atoms with Gasteiger partial charge in [0.2, 0.25) is 6.41 Å². The molecule has 7 heteroatoms. The zero-order valence-corrected chi connectivity index (χ0v) is 9.52. The van der Waals surface area contributed by atoms with Crippen molar-refractivity contribution in [3.8, 4) is 0 Å². The Morgan fingerprint density at radius 1 is 1.22 bits per heavy atom. The lowest BCUT2D eigenvalue weighted by atomic mass is 10.2. The Kier molecular flexibility index (Phi) is 3.40. The minimum absolute atomic E-state index is 0.0597. The highest BCUT2D eigenvalue weighted by atomic mass is 19.4. The number of pyridine rings is 1. The summed E-state index contributed by atoms with van der Waals surface area (Å²) in [7, 11) is 0. The van der Waals surface area contributed by atoms with E-state index < -0.39 is 11.7 Å². The van der Waals surface area contributed by atoms with Gasteiger partial charge in [-0.3, -0.25) is 4.79 Å². The Hall–Kier alpha value is -1.79. The third-order valence-corrected chi connectivity index (χ3v) is 2.85. The molecule has 0 atom stereocenters. The van der Waals surface area contributed by atoms with E-state index in [1.807, 2.05) is 0 Å². The summed E-state index contributed by atoms with van der Waals surface area (Å²) in [6.45, 7) is 1.55. The zero-order chi connectivity index (χ0) is 13.2. The first-order valence-corrected chi connectivity index (χ1v) is 5.49. The van der Waals surface area contributed by atoms with Crippen LogP contribution in [0.15, 0.2) is 18.3 Å². The predicted molar refractivity (Wildman–Crippen MR) is 59.1 cm³/mol. The van der Waals surface area contributed by atoms with Crippen molar-refractivity contribution in [1.29, 1.82) is 0 Å². The maximum absolute atomic E-state index is 12.8. The van der Waals surface area contributed by atoms with Crippen molar-refractivity contribution in [3.63, 3.8) is 0 Å². The molecule has 1 fully saturated rings. The molecule has 1 aromatic rings. The number of hydrogen-bond donors (Lipinski definition) is 0. The summed E-state index contributed by atoms with van der Waals surface area (Å²) < 4.78 is 38.4. The van der Waals surface area contributed by atoms with Crippen molar-refractivity contribution in [1.82, 2.24) is 9.88 Å². The highest BCUT2D eigenvalue weighted by molar-refractivity contribution is 5.51. The van der Waals surface area contributed by atoms with Crippen molar-refractivity contribution < 1.29 is 18.0 Å². The molecule has 98 valence electrons. The molecule has 1 aromatic heterocycles. The largest absolute Gasteiger partial charge is 0.419 e. The number of alkyl halides is 3. The minimum atomic E-state index is -4.41. The van der Waals surface area contributed by atoms with E-state index in [1.165, 1.54) is 17.2 Å². The molecule has 0 aromatic carbocycles. The number of anilines is 1. The highest BCUT2D eigenvalue weighted by Crippen LogP contribution is 2.35. The summed E-state index contributed by atoms with van der Waals surface area (Å²) in [5.74, 6) is -0.0597. The summed E-state index contributed by atoms with van der Waals surface area (Å²) in [4.78, 5) is 17.5. The molecule has 1 aliphatic heterocycles. The number of hydrogen-bond acceptors (Lipinski definition) is 3. The molecular formula is C11H12F3N3O. The van der Waals surface area contributed by atoms with Gasteiger partial charge in [-0.2, -0.15) is 13.2 Å². The normalized spacial score (nSPS) is 16.8. The molecule has 1 aliphatic rings. The quantitative estimate of drug-likeness (QED) is 0.753. The van der Waals surface area contributed by atoms with Crippen LogP contribution in [0.1, 0.15) is 5.56 Å².